The fraction of sp³-hybridized carbons (Fsp3) is 0.160. The zero-order chi connectivity index (χ0) is 24.5. The first-order valence-corrected chi connectivity index (χ1v) is 11.3. The quantitative estimate of drug-likeness (QED) is 0.386. The molecule has 0 fully saturated rings. The summed E-state index contributed by atoms with van der Waals surface area (Å²) in [6.07, 6.45) is 0. The van der Waals surface area contributed by atoms with Crippen molar-refractivity contribution in [3.63, 3.8) is 0 Å². The van der Waals surface area contributed by atoms with Crippen molar-refractivity contribution in [3.05, 3.63) is 72.3 Å². The van der Waals surface area contributed by atoms with Gasteiger partial charge in [0, 0.05) is 34.4 Å². The second-order valence-electron chi connectivity index (χ2n) is 7.15. The highest BCUT2D eigenvalue weighted by Crippen LogP contribution is 2.28. The molecule has 3 rings (SSSR count). The van der Waals surface area contributed by atoms with Crippen LogP contribution in [0.5, 0.6) is 11.5 Å². The second-order valence-corrected chi connectivity index (χ2v) is 8.20. The summed E-state index contributed by atoms with van der Waals surface area (Å²) < 4.78 is 10.5. The van der Waals surface area contributed by atoms with Crippen molar-refractivity contribution < 1.29 is 23.9 Å². The predicted molar refractivity (Wildman–Crippen MR) is 134 cm³/mol. The fourth-order valence-electron chi connectivity index (χ4n) is 3.03. The number of thioether (sulfide) groups is 1. The highest BCUT2D eigenvalue weighted by molar-refractivity contribution is 8.00. The number of rotatable bonds is 9. The van der Waals surface area contributed by atoms with Crippen LogP contribution in [0, 0.1) is 0 Å². The summed E-state index contributed by atoms with van der Waals surface area (Å²) in [6.45, 7) is 1.43. The predicted octanol–water partition coefficient (Wildman–Crippen LogP) is 4.65. The van der Waals surface area contributed by atoms with E-state index in [2.05, 4.69) is 16.0 Å². The van der Waals surface area contributed by atoms with Gasteiger partial charge in [-0.2, -0.15) is 0 Å². The van der Waals surface area contributed by atoms with Crippen LogP contribution in [0.4, 0.5) is 17.1 Å². The van der Waals surface area contributed by atoms with Gasteiger partial charge in [-0.05, 0) is 60.7 Å². The lowest BCUT2D eigenvalue weighted by molar-refractivity contribution is -0.114. The molecule has 0 aliphatic rings. The first-order chi connectivity index (χ1) is 16.4. The van der Waals surface area contributed by atoms with Gasteiger partial charge < -0.3 is 25.4 Å². The molecule has 34 heavy (non-hydrogen) atoms. The molecule has 3 N–H and O–H groups in total. The number of anilines is 3. The van der Waals surface area contributed by atoms with Crippen molar-refractivity contribution in [2.45, 2.75) is 11.8 Å². The van der Waals surface area contributed by atoms with E-state index in [1.54, 1.807) is 54.6 Å². The Bertz CT molecular complexity index is 1180. The molecule has 0 spiro atoms. The molecule has 3 amide bonds. The van der Waals surface area contributed by atoms with Crippen molar-refractivity contribution in [1.29, 1.82) is 0 Å². The third-order valence-corrected chi connectivity index (χ3v) is 5.59. The van der Waals surface area contributed by atoms with E-state index in [1.807, 2.05) is 12.1 Å². The zero-order valence-corrected chi connectivity index (χ0v) is 19.8. The number of hydrogen-bond acceptors (Lipinski definition) is 6. The molecule has 0 radical (unpaired) electrons. The van der Waals surface area contributed by atoms with E-state index in [-0.39, 0.29) is 23.5 Å². The van der Waals surface area contributed by atoms with Crippen molar-refractivity contribution in [3.8, 4) is 11.5 Å². The maximum absolute atomic E-state index is 12.6. The Morgan fingerprint density at radius 2 is 1.44 bits per heavy atom. The van der Waals surface area contributed by atoms with Gasteiger partial charge in [-0.25, -0.2) is 0 Å². The molecule has 3 aromatic carbocycles. The number of carbonyl (C=O) groups excluding carboxylic acids is 3. The number of benzene rings is 3. The van der Waals surface area contributed by atoms with Gasteiger partial charge in [-0.1, -0.05) is 6.07 Å². The van der Waals surface area contributed by atoms with E-state index < -0.39 is 0 Å². The lowest BCUT2D eigenvalue weighted by Gasteiger charge is -2.11. The molecule has 0 saturated heterocycles. The van der Waals surface area contributed by atoms with Gasteiger partial charge in [0.1, 0.15) is 0 Å². The van der Waals surface area contributed by atoms with E-state index in [0.29, 0.717) is 34.1 Å². The van der Waals surface area contributed by atoms with Crippen LogP contribution in [0.25, 0.3) is 0 Å². The number of amides is 3. The van der Waals surface area contributed by atoms with Gasteiger partial charge in [-0.3, -0.25) is 14.4 Å². The van der Waals surface area contributed by atoms with Crippen LogP contribution < -0.4 is 25.4 Å². The van der Waals surface area contributed by atoms with Crippen LogP contribution in [0.1, 0.15) is 17.3 Å². The number of ether oxygens (including phenoxy) is 2. The maximum atomic E-state index is 12.6. The average molecular weight is 480 g/mol. The van der Waals surface area contributed by atoms with Crippen molar-refractivity contribution in [1.82, 2.24) is 0 Å². The first-order valence-electron chi connectivity index (χ1n) is 10.3. The summed E-state index contributed by atoms with van der Waals surface area (Å²) in [4.78, 5) is 36.9. The summed E-state index contributed by atoms with van der Waals surface area (Å²) in [7, 11) is 3.04. The smallest absolute Gasteiger partial charge is 0.255 e. The highest BCUT2D eigenvalue weighted by Gasteiger charge is 2.12. The Morgan fingerprint density at radius 1 is 0.765 bits per heavy atom. The molecular formula is C25H25N3O5S. The molecule has 3 aromatic rings. The molecule has 9 heteroatoms. The molecule has 176 valence electrons. The Labute approximate surface area is 202 Å². The third-order valence-electron chi connectivity index (χ3n) is 4.60. The number of hydrogen-bond donors (Lipinski definition) is 3. The SMILES string of the molecule is COc1ccc(C(=O)Nc2cccc(SCC(=O)Nc3ccc(NC(C)=O)cc3)c2)cc1OC. The van der Waals surface area contributed by atoms with Crippen LogP contribution in [0.3, 0.4) is 0 Å². The summed E-state index contributed by atoms with van der Waals surface area (Å²) in [6, 6.07) is 19.1. The van der Waals surface area contributed by atoms with E-state index in [4.69, 9.17) is 9.47 Å². The van der Waals surface area contributed by atoms with Crippen LogP contribution >= 0.6 is 11.8 Å². The molecule has 0 bridgehead atoms. The van der Waals surface area contributed by atoms with E-state index in [1.165, 1.54) is 32.9 Å². The Balaban J connectivity index is 1.55. The minimum Gasteiger partial charge on any atom is -0.493 e. The fourth-order valence-corrected chi connectivity index (χ4v) is 3.79. The minimum atomic E-state index is -0.288. The molecule has 0 aliphatic heterocycles. The largest absolute Gasteiger partial charge is 0.493 e. The summed E-state index contributed by atoms with van der Waals surface area (Å²) in [5.41, 5.74) is 2.33. The van der Waals surface area contributed by atoms with Gasteiger partial charge in [-0.15, -0.1) is 11.8 Å². The molecule has 0 aromatic heterocycles. The summed E-state index contributed by atoms with van der Waals surface area (Å²) in [5.74, 6) is 0.589. The number of nitrogens with one attached hydrogen (secondary N) is 3. The van der Waals surface area contributed by atoms with Gasteiger partial charge in [0.05, 0.1) is 20.0 Å². The van der Waals surface area contributed by atoms with Gasteiger partial charge in [0.15, 0.2) is 11.5 Å². The van der Waals surface area contributed by atoms with E-state index >= 15 is 0 Å². The molecule has 8 nitrogen and oxygen atoms in total. The normalized spacial score (nSPS) is 10.2. The second kappa shape index (κ2) is 11.8. The molecule has 0 aliphatic carbocycles. The lowest BCUT2D eigenvalue weighted by atomic mass is 10.2. The maximum Gasteiger partial charge on any atom is 0.255 e. The van der Waals surface area contributed by atoms with Crippen LogP contribution in [-0.4, -0.2) is 37.7 Å². The van der Waals surface area contributed by atoms with Crippen molar-refractivity contribution >= 4 is 46.5 Å². The van der Waals surface area contributed by atoms with Gasteiger partial charge in [0.25, 0.3) is 5.91 Å². The van der Waals surface area contributed by atoms with E-state index in [0.717, 1.165) is 4.90 Å². The zero-order valence-electron chi connectivity index (χ0n) is 19.0. The van der Waals surface area contributed by atoms with Crippen molar-refractivity contribution in [2.75, 3.05) is 35.9 Å². The van der Waals surface area contributed by atoms with Gasteiger partial charge in [0.2, 0.25) is 11.8 Å². The van der Waals surface area contributed by atoms with Crippen LogP contribution in [0.15, 0.2) is 71.6 Å². The minimum absolute atomic E-state index is 0.157. The van der Waals surface area contributed by atoms with Crippen LogP contribution in [-0.2, 0) is 9.59 Å². The molecule has 0 saturated carbocycles. The number of carbonyl (C=O) groups is 3. The molecule has 0 heterocycles. The summed E-state index contributed by atoms with van der Waals surface area (Å²) in [5, 5.41) is 8.35. The monoisotopic (exact) mass is 479 g/mol. The highest BCUT2D eigenvalue weighted by atomic mass is 32.2. The van der Waals surface area contributed by atoms with E-state index in [9.17, 15) is 14.4 Å². The molecule has 0 atom stereocenters. The summed E-state index contributed by atoms with van der Waals surface area (Å²) >= 11 is 1.35. The Kier molecular flexibility index (Phi) is 8.53. The number of methoxy groups -OCH3 is 2. The molecular weight excluding hydrogens is 454 g/mol. The Hall–Kier alpha value is -3.98. The Morgan fingerprint density at radius 3 is 2.09 bits per heavy atom. The standard InChI is InChI=1S/C25H25N3O5S/c1-16(29)26-18-8-10-19(11-9-18)27-24(30)15-34-21-6-4-5-20(14-21)28-25(31)17-7-12-22(32-2)23(13-17)33-3/h4-14H,15H2,1-3H3,(H,26,29)(H,27,30)(H,28,31). The van der Waals surface area contributed by atoms with Crippen molar-refractivity contribution in [2.24, 2.45) is 0 Å². The topological polar surface area (TPSA) is 106 Å². The third kappa shape index (κ3) is 7.01. The lowest BCUT2D eigenvalue weighted by Crippen LogP contribution is -2.14. The van der Waals surface area contributed by atoms with Gasteiger partial charge >= 0.3 is 0 Å². The average Bonchev–Trinajstić information content (AvgIpc) is 2.83. The first kappa shape index (κ1) is 24.7. The van der Waals surface area contributed by atoms with Crippen LogP contribution in [0.2, 0.25) is 0 Å². The molecule has 0 unspecified atom stereocenters.